The smallest absolute Gasteiger partial charge is 0.252 e. The minimum absolute atomic E-state index is 0.0155. The van der Waals surface area contributed by atoms with E-state index in [9.17, 15) is 9.59 Å². The standard InChI is InChI=1S/C20H31N3O2S/c1-14-5-3-4-6-18(14)22-19(24)15(2)23-10-7-17(8-11-23)21-20(25)16-9-12-26-13-16/h9,12-15,17-18H,3-8,10-11H2,1-2H3,(H,21,25)(H,22,24). The first-order chi connectivity index (χ1) is 12.5. The average Bonchev–Trinajstić information content (AvgIpc) is 3.18. The highest BCUT2D eigenvalue weighted by molar-refractivity contribution is 7.08. The molecule has 3 atom stereocenters. The summed E-state index contributed by atoms with van der Waals surface area (Å²) in [5.74, 6) is 0.754. The van der Waals surface area contributed by atoms with Crippen LogP contribution >= 0.6 is 11.3 Å². The molecule has 1 aromatic rings. The third kappa shape index (κ3) is 4.86. The van der Waals surface area contributed by atoms with Crippen molar-refractivity contribution in [2.45, 2.75) is 70.5 Å². The van der Waals surface area contributed by atoms with E-state index in [2.05, 4.69) is 22.5 Å². The molecule has 0 aromatic carbocycles. The Morgan fingerprint density at radius 2 is 1.88 bits per heavy atom. The molecule has 0 spiro atoms. The predicted molar refractivity (Wildman–Crippen MR) is 105 cm³/mol. The Labute approximate surface area is 160 Å². The van der Waals surface area contributed by atoms with E-state index in [0.717, 1.165) is 37.9 Å². The Balaban J connectivity index is 1.43. The first-order valence-corrected chi connectivity index (χ1v) is 10.9. The highest BCUT2D eigenvalue weighted by atomic mass is 32.1. The van der Waals surface area contributed by atoms with E-state index in [1.165, 1.54) is 30.6 Å². The number of hydrogen-bond acceptors (Lipinski definition) is 4. The third-order valence-corrected chi connectivity index (χ3v) is 6.70. The number of amides is 2. The molecular formula is C20H31N3O2S. The van der Waals surface area contributed by atoms with Crippen molar-refractivity contribution in [3.05, 3.63) is 22.4 Å². The molecule has 6 heteroatoms. The van der Waals surface area contributed by atoms with Crippen LogP contribution in [-0.4, -0.2) is 47.9 Å². The van der Waals surface area contributed by atoms with E-state index in [1.54, 1.807) is 0 Å². The lowest BCUT2D eigenvalue weighted by molar-refractivity contribution is -0.127. The van der Waals surface area contributed by atoms with Gasteiger partial charge in [0.15, 0.2) is 0 Å². The highest BCUT2D eigenvalue weighted by Crippen LogP contribution is 2.24. The van der Waals surface area contributed by atoms with Crippen LogP contribution in [0.15, 0.2) is 16.8 Å². The SMILES string of the molecule is CC1CCCCC1NC(=O)C(C)N1CCC(NC(=O)c2ccsc2)CC1. The quantitative estimate of drug-likeness (QED) is 0.829. The first kappa shape index (κ1) is 19.4. The number of rotatable bonds is 5. The number of likely N-dealkylation sites (tertiary alicyclic amines) is 1. The molecule has 0 bridgehead atoms. The van der Waals surface area contributed by atoms with Crippen molar-refractivity contribution in [2.75, 3.05) is 13.1 Å². The molecule has 2 amide bonds. The van der Waals surface area contributed by atoms with Crippen molar-refractivity contribution in [2.24, 2.45) is 5.92 Å². The predicted octanol–water partition coefficient (Wildman–Crippen LogP) is 3.03. The molecule has 144 valence electrons. The van der Waals surface area contributed by atoms with E-state index < -0.39 is 0 Å². The second-order valence-electron chi connectivity index (χ2n) is 7.85. The second kappa shape index (κ2) is 9.00. The van der Waals surface area contributed by atoms with E-state index in [-0.39, 0.29) is 23.9 Å². The minimum atomic E-state index is -0.0994. The summed E-state index contributed by atoms with van der Waals surface area (Å²) < 4.78 is 0. The zero-order valence-corrected chi connectivity index (χ0v) is 16.7. The van der Waals surface area contributed by atoms with E-state index in [1.807, 2.05) is 23.8 Å². The van der Waals surface area contributed by atoms with E-state index in [0.29, 0.717) is 12.0 Å². The molecule has 3 rings (SSSR count). The van der Waals surface area contributed by atoms with Crippen molar-refractivity contribution < 1.29 is 9.59 Å². The summed E-state index contributed by atoms with van der Waals surface area (Å²) in [6.45, 7) is 5.95. The maximum Gasteiger partial charge on any atom is 0.252 e. The molecule has 1 aliphatic heterocycles. The Bertz CT molecular complexity index is 596. The fourth-order valence-corrected chi connectivity index (χ4v) is 4.73. The fourth-order valence-electron chi connectivity index (χ4n) is 4.09. The van der Waals surface area contributed by atoms with Crippen molar-refractivity contribution >= 4 is 23.2 Å². The van der Waals surface area contributed by atoms with Crippen LogP contribution in [0.1, 0.15) is 62.7 Å². The molecule has 2 aliphatic rings. The van der Waals surface area contributed by atoms with Crippen LogP contribution in [0.3, 0.4) is 0 Å². The maximum atomic E-state index is 12.6. The lowest BCUT2D eigenvalue weighted by atomic mass is 9.86. The van der Waals surface area contributed by atoms with Crippen molar-refractivity contribution in [1.29, 1.82) is 0 Å². The van der Waals surface area contributed by atoms with Crippen LogP contribution in [0.5, 0.6) is 0 Å². The van der Waals surface area contributed by atoms with Gasteiger partial charge in [-0.15, -0.1) is 0 Å². The summed E-state index contributed by atoms with van der Waals surface area (Å²) in [5, 5.41) is 10.2. The van der Waals surface area contributed by atoms with Crippen LogP contribution in [-0.2, 0) is 4.79 Å². The van der Waals surface area contributed by atoms with Gasteiger partial charge in [-0.2, -0.15) is 11.3 Å². The topological polar surface area (TPSA) is 61.4 Å². The Morgan fingerprint density at radius 1 is 1.15 bits per heavy atom. The molecule has 2 heterocycles. The summed E-state index contributed by atoms with van der Waals surface area (Å²) in [4.78, 5) is 27.1. The van der Waals surface area contributed by atoms with Gasteiger partial charge in [0.05, 0.1) is 6.04 Å². The lowest BCUT2D eigenvalue weighted by Crippen LogP contribution is -2.54. The number of nitrogens with one attached hydrogen (secondary N) is 2. The van der Waals surface area contributed by atoms with Gasteiger partial charge in [-0.1, -0.05) is 19.8 Å². The number of thiophene rings is 1. The molecule has 5 nitrogen and oxygen atoms in total. The summed E-state index contributed by atoms with van der Waals surface area (Å²) in [5.41, 5.74) is 0.742. The van der Waals surface area contributed by atoms with Crippen LogP contribution in [0.25, 0.3) is 0 Å². The molecule has 1 aromatic heterocycles. The number of piperidine rings is 1. The van der Waals surface area contributed by atoms with Gasteiger partial charge in [-0.3, -0.25) is 14.5 Å². The van der Waals surface area contributed by atoms with Crippen molar-refractivity contribution in [3.8, 4) is 0 Å². The number of carbonyl (C=O) groups excluding carboxylic acids is 2. The minimum Gasteiger partial charge on any atom is -0.352 e. The van der Waals surface area contributed by atoms with Crippen molar-refractivity contribution in [1.82, 2.24) is 15.5 Å². The lowest BCUT2D eigenvalue weighted by Gasteiger charge is -2.37. The van der Waals surface area contributed by atoms with Gasteiger partial charge < -0.3 is 10.6 Å². The summed E-state index contributed by atoms with van der Waals surface area (Å²) in [6.07, 6.45) is 6.62. The molecule has 2 fully saturated rings. The van der Waals surface area contributed by atoms with E-state index in [4.69, 9.17) is 0 Å². The van der Waals surface area contributed by atoms with Gasteiger partial charge >= 0.3 is 0 Å². The van der Waals surface area contributed by atoms with Crippen LogP contribution in [0.4, 0.5) is 0 Å². The third-order valence-electron chi connectivity index (χ3n) is 6.01. The molecule has 3 unspecified atom stereocenters. The van der Waals surface area contributed by atoms with Crippen LogP contribution < -0.4 is 10.6 Å². The largest absolute Gasteiger partial charge is 0.352 e. The number of carbonyl (C=O) groups is 2. The molecule has 26 heavy (non-hydrogen) atoms. The maximum absolute atomic E-state index is 12.6. The fraction of sp³-hybridized carbons (Fsp3) is 0.700. The molecule has 1 saturated carbocycles. The van der Waals surface area contributed by atoms with Crippen molar-refractivity contribution in [3.63, 3.8) is 0 Å². The van der Waals surface area contributed by atoms with Gasteiger partial charge in [-0.05, 0) is 50.0 Å². The second-order valence-corrected chi connectivity index (χ2v) is 8.63. The molecule has 0 radical (unpaired) electrons. The monoisotopic (exact) mass is 377 g/mol. The molecule has 1 saturated heterocycles. The van der Waals surface area contributed by atoms with E-state index >= 15 is 0 Å². The van der Waals surface area contributed by atoms with Gasteiger partial charge in [0.25, 0.3) is 5.91 Å². The van der Waals surface area contributed by atoms with Crippen LogP contribution in [0, 0.1) is 5.92 Å². The Hall–Kier alpha value is -1.40. The van der Waals surface area contributed by atoms with Gasteiger partial charge in [0.2, 0.25) is 5.91 Å². The number of hydrogen-bond donors (Lipinski definition) is 2. The van der Waals surface area contributed by atoms with Gasteiger partial charge in [0.1, 0.15) is 0 Å². The molecule has 2 N–H and O–H groups in total. The zero-order valence-electron chi connectivity index (χ0n) is 15.9. The molecular weight excluding hydrogens is 346 g/mol. The van der Waals surface area contributed by atoms with Gasteiger partial charge in [-0.25, -0.2) is 0 Å². The summed E-state index contributed by atoms with van der Waals surface area (Å²) in [6, 6.07) is 2.29. The Kier molecular flexibility index (Phi) is 6.70. The average molecular weight is 378 g/mol. The molecule has 1 aliphatic carbocycles. The number of nitrogens with zero attached hydrogens (tertiary/aromatic N) is 1. The normalized spacial score (nSPS) is 26.2. The summed E-state index contributed by atoms with van der Waals surface area (Å²) >= 11 is 1.54. The first-order valence-electron chi connectivity index (χ1n) is 9.92. The summed E-state index contributed by atoms with van der Waals surface area (Å²) in [7, 11) is 0. The highest BCUT2D eigenvalue weighted by Gasteiger charge is 2.30. The van der Waals surface area contributed by atoms with Gasteiger partial charge in [0, 0.05) is 36.1 Å². The zero-order chi connectivity index (χ0) is 18.5. The Morgan fingerprint density at radius 3 is 2.54 bits per heavy atom. The van der Waals surface area contributed by atoms with Crippen LogP contribution in [0.2, 0.25) is 0 Å².